The predicted molar refractivity (Wildman–Crippen MR) is 194 cm³/mol. The summed E-state index contributed by atoms with van der Waals surface area (Å²) in [4.78, 5) is 24.4. The number of carbonyl (C=O) groups is 2. The van der Waals surface area contributed by atoms with Crippen molar-refractivity contribution in [2.75, 3.05) is 26.4 Å². The number of carboxylic acids is 2. The molecule has 5 aromatic rings. The summed E-state index contributed by atoms with van der Waals surface area (Å²) in [5.41, 5.74) is 2.68. The molecule has 0 spiro atoms. The van der Waals surface area contributed by atoms with E-state index in [0.29, 0.717) is 0 Å². The van der Waals surface area contributed by atoms with Crippen molar-refractivity contribution in [1.82, 2.24) is 0 Å². The number of carboxylic acid groups (broad SMARTS) is 2. The molecule has 52 heavy (non-hydrogen) atoms. The first-order valence-electron chi connectivity index (χ1n) is 16.7. The van der Waals surface area contributed by atoms with Crippen LogP contribution in [0, 0.1) is 0 Å². The van der Waals surface area contributed by atoms with E-state index in [9.17, 15) is 40.2 Å². The fraction of sp³-hybridized carbons (Fsp3) is 0.238. The van der Waals surface area contributed by atoms with Gasteiger partial charge in [0, 0.05) is 23.0 Å². The number of benzene rings is 5. The minimum absolute atomic E-state index is 0.116. The minimum Gasteiger partial charge on any atom is -0.508 e. The van der Waals surface area contributed by atoms with Crippen molar-refractivity contribution in [3.8, 4) is 23.0 Å². The van der Waals surface area contributed by atoms with E-state index in [1.54, 1.807) is 0 Å². The van der Waals surface area contributed by atoms with E-state index in [0.717, 1.165) is 34.4 Å². The Labute approximate surface area is 301 Å². The van der Waals surface area contributed by atoms with Crippen LogP contribution in [0.4, 0.5) is 0 Å². The molecule has 0 heterocycles. The highest BCUT2D eigenvalue weighted by Gasteiger charge is 2.34. The molecule has 10 heteroatoms. The molecule has 0 aliphatic rings. The molecule has 10 nitrogen and oxygen atoms in total. The third-order valence-corrected chi connectivity index (χ3v) is 9.58. The van der Waals surface area contributed by atoms with Crippen molar-refractivity contribution >= 4 is 11.9 Å². The SMILES string of the molecule is CC(COCC(C(=O)O)c1cc(O)cc(O)c1)(c1ccccc1)c1ccc(C(C)(COCC(C(=O)O)c2cc(O)cc(O)c2)c2ccccc2)cc1. The van der Waals surface area contributed by atoms with Crippen LogP contribution >= 0.6 is 0 Å². The van der Waals surface area contributed by atoms with Gasteiger partial charge in [0.1, 0.15) is 34.8 Å². The number of phenols is 4. The van der Waals surface area contributed by atoms with Crippen LogP contribution in [0.5, 0.6) is 23.0 Å². The van der Waals surface area contributed by atoms with Crippen LogP contribution in [0.1, 0.15) is 59.1 Å². The van der Waals surface area contributed by atoms with E-state index < -0.39 is 34.6 Å². The first-order chi connectivity index (χ1) is 24.8. The standard InChI is InChI=1S/C42H42O10/c1-41(29-9-5-3-6-10-29,25-51-23-37(39(47)48)27-17-33(43)21-34(44)18-27)31-13-15-32(16-14-31)42(2,30-11-7-4-8-12-30)26-52-24-38(40(49)50)28-19-35(45)22-36(46)20-28/h3-22,37-38,43-46H,23-26H2,1-2H3,(H,47,48)(H,49,50). The van der Waals surface area contributed by atoms with Crippen LogP contribution in [-0.4, -0.2) is 69.0 Å². The lowest BCUT2D eigenvalue weighted by Gasteiger charge is -2.34. The average molecular weight is 707 g/mol. The van der Waals surface area contributed by atoms with Crippen molar-refractivity contribution < 1.29 is 49.7 Å². The van der Waals surface area contributed by atoms with E-state index in [1.807, 2.05) is 98.8 Å². The summed E-state index contributed by atoms with van der Waals surface area (Å²) in [5.74, 6) is -5.58. The van der Waals surface area contributed by atoms with E-state index in [-0.39, 0.29) is 60.6 Å². The third kappa shape index (κ3) is 8.54. The zero-order chi connectivity index (χ0) is 37.5. The lowest BCUT2D eigenvalue weighted by atomic mass is 9.73. The van der Waals surface area contributed by atoms with Crippen LogP contribution in [0.15, 0.2) is 121 Å². The summed E-state index contributed by atoms with van der Waals surface area (Å²) in [5, 5.41) is 59.7. The highest BCUT2D eigenvalue weighted by Crippen LogP contribution is 2.38. The van der Waals surface area contributed by atoms with Gasteiger partial charge in [-0.3, -0.25) is 9.59 Å². The van der Waals surface area contributed by atoms with Crippen molar-refractivity contribution in [2.45, 2.75) is 36.5 Å². The number of ether oxygens (including phenoxy) is 2. The zero-order valence-corrected chi connectivity index (χ0v) is 28.8. The van der Waals surface area contributed by atoms with Crippen LogP contribution in [0.3, 0.4) is 0 Å². The maximum Gasteiger partial charge on any atom is 0.313 e. The molecule has 0 bridgehead atoms. The van der Waals surface area contributed by atoms with Crippen molar-refractivity contribution in [2.24, 2.45) is 0 Å². The van der Waals surface area contributed by atoms with Crippen LogP contribution in [0.25, 0.3) is 0 Å². The Morgan fingerprint density at radius 3 is 1.08 bits per heavy atom. The average Bonchev–Trinajstić information content (AvgIpc) is 3.11. The zero-order valence-electron chi connectivity index (χ0n) is 28.8. The number of phenolic OH excluding ortho intramolecular Hbond substituents is 4. The van der Waals surface area contributed by atoms with Gasteiger partial charge in [0.2, 0.25) is 0 Å². The van der Waals surface area contributed by atoms with Gasteiger partial charge >= 0.3 is 11.9 Å². The van der Waals surface area contributed by atoms with Crippen LogP contribution in [0.2, 0.25) is 0 Å². The van der Waals surface area contributed by atoms with Gasteiger partial charge in [-0.2, -0.15) is 0 Å². The van der Waals surface area contributed by atoms with Crippen LogP contribution < -0.4 is 0 Å². The number of aromatic hydroxyl groups is 4. The van der Waals surface area contributed by atoms with E-state index >= 15 is 0 Å². The first-order valence-corrected chi connectivity index (χ1v) is 16.7. The van der Waals surface area contributed by atoms with Gasteiger partial charge in [-0.1, -0.05) is 84.9 Å². The normalized spacial score (nSPS) is 14.8. The number of rotatable bonds is 16. The molecule has 5 aromatic carbocycles. The summed E-state index contributed by atoms with van der Waals surface area (Å²) >= 11 is 0. The molecule has 270 valence electrons. The molecule has 4 atom stereocenters. The Kier molecular flexibility index (Phi) is 11.5. The quantitative estimate of drug-likeness (QED) is 0.0634. The van der Waals surface area contributed by atoms with Crippen molar-refractivity contribution in [3.05, 3.63) is 155 Å². The third-order valence-electron chi connectivity index (χ3n) is 9.58. The van der Waals surface area contributed by atoms with E-state index in [2.05, 4.69) is 0 Å². The molecule has 0 amide bonds. The maximum absolute atomic E-state index is 12.2. The lowest BCUT2D eigenvalue weighted by molar-refractivity contribution is -0.141. The molecule has 0 aliphatic carbocycles. The Hall–Kier alpha value is -5.84. The number of hydrogen-bond donors (Lipinski definition) is 6. The van der Waals surface area contributed by atoms with Gasteiger partial charge in [-0.15, -0.1) is 0 Å². The second-order valence-corrected chi connectivity index (χ2v) is 13.4. The molecule has 0 radical (unpaired) electrons. The van der Waals surface area contributed by atoms with Gasteiger partial charge in [-0.25, -0.2) is 0 Å². The van der Waals surface area contributed by atoms with Gasteiger partial charge in [0.15, 0.2) is 0 Å². The Balaban J connectivity index is 1.41. The molecule has 4 unspecified atom stereocenters. The van der Waals surface area contributed by atoms with Crippen LogP contribution in [-0.2, 0) is 29.9 Å². The van der Waals surface area contributed by atoms with Gasteiger partial charge in [-0.05, 0) is 71.5 Å². The molecule has 0 saturated heterocycles. The summed E-state index contributed by atoms with van der Waals surface area (Å²) in [7, 11) is 0. The fourth-order valence-electron chi connectivity index (χ4n) is 6.51. The second kappa shape index (κ2) is 16.0. The Bertz CT molecular complexity index is 1800. The minimum atomic E-state index is -1.16. The van der Waals surface area contributed by atoms with Gasteiger partial charge < -0.3 is 40.1 Å². The smallest absolute Gasteiger partial charge is 0.313 e. The Morgan fingerprint density at radius 1 is 0.500 bits per heavy atom. The first kappa shape index (κ1) is 37.4. The molecule has 0 aromatic heterocycles. The lowest BCUT2D eigenvalue weighted by Crippen LogP contribution is -2.33. The summed E-state index contributed by atoms with van der Waals surface area (Å²) < 4.78 is 12.3. The van der Waals surface area contributed by atoms with Gasteiger partial charge in [0.25, 0.3) is 0 Å². The maximum atomic E-state index is 12.2. The molecular weight excluding hydrogens is 664 g/mol. The van der Waals surface area contributed by atoms with Gasteiger partial charge in [0.05, 0.1) is 26.4 Å². The molecule has 0 aliphatic heterocycles. The molecule has 6 N–H and O–H groups in total. The Morgan fingerprint density at radius 2 is 0.788 bits per heavy atom. The molecule has 0 fully saturated rings. The highest BCUT2D eigenvalue weighted by molar-refractivity contribution is 5.77. The molecular formula is C42H42O10. The summed E-state index contributed by atoms with van der Waals surface area (Å²) in [6.07, 6.45) is 0. The second-order valence-electron chi connectivity index (χ2n) is 13.4. The number of aliphatic carboxylic acids is 2. The van der Waals surface area contributed by atoms with Crippen molar-refractivity contribution in [3.63, 3.8) is 0 Å². The highest BCUT2D eigenvalue weighted by atomic mass is 16.5. The fourth-order valence-corrected chi connectivity index (χ4v) is 6.51. The van der Waals surface area contributed by atoms with E-state index in [4.69, 9.17) is 9.47 Å². The largest absolute Gasteiger partial charge is 0.508 e. The summed E-state index contributed by atoms with van der Waals surface area (Å²) in [6, 6.07) is 34.8. The number of hydrogen-bond acceptors (Lipinski definition) is 8. The van der Waals surface area contributed by atoms with E-state index in [1.165, 1.54) is 24.3 Å². The topological polar surface area (TPSA) is 174 Å². The predicted octanol–water partition coefficient (Wildman–Crippen LogP) is 6.89. The van der Waals surface area contributed by atoms with Crippen molar-refractivity contribution in [1.29, 1.82) is 0 Å². The molecule has 5 rings (SSSR count). The monoisotopic (exact) mass is 706 g/mol. The molecule has 0 saturated carbocycles. The summed E-state index contributed by atoms with van der Waals surface area (Å²) in [6.45, 7) is 3.84.